The standard InChI is InChI=1S/C15H19N3.2ClH/c1-11-8-12(9-18-7-6-13(16)10-18)14-4-2-3-5-15(14)17-11;;/h2-5,8,13H,6-7,9-10,16H2,1H3;2*1H. The van der Waals surface area contributed by atoms with Crippen LogP contribution in [0.25, 0.3) is 10.9 Å². The second-order valence-electron chi connectivity index (χ2n) is 5.22. The molecule has 110 valence electrons. The topological polar surface area (TPSA) is 42.1 Å². The minimum atomic E-state index is 0. The maximum atomic E-state index is 5.97. The molecule has 1 unspecified atom stereocenters. The van der Waals surface area contributed by atoms with E-state index >= 15 is 0 Å². The number of fused-ring (bicyclic) bond motifs is 1. The molecule has 0 radical (unpaired) electrons. The molecule has 0 spiro atoms. The van der Waals surface area contributed by atoms with Crippen molar-refractivity contribution in [3.05, 3.63) is 41.6 Å². The summed E-state index contributed by atoms with van der Waals surface area (Å²) >= 11 is 0. The summed E-state index contributed by atoms with van der Waals surface area (Å²) in [4.78, 5) is 7.02. The molecule has 1 atom stereocenters. The fraction of sp³-hybridized carbons (Fsp3) is 0.400. The number of benzene rings is 1. The van der Waals surface area contributed by atoms with Gasteiger partial charge in [0.1, 0.15) is 0 Å². The van der Waals surface area contributed by atoms with Crippen LogP contribution in [0.2, 0.25) is 0 Å². The van der Waals surface area contributed by atoms with Gasteiger partial charge < -0.3 is 5.73 Å². The number of aryl methyl sites for hydroxylation is 1. The molecular formula is C15H21Cl2N3. The van der Waals surface area contributed by atoms with E-state index in [1.54, 1.807) is 0 Å². The second-order valence-corrected chi connectivity index (χ2v) is 5.22. The summed E-state index contributed by atoms with van der Waals surface area (Å²) < 4.78 is 0. The Kier molecular flexibility index (Phi) is 6.21. The number of rotatable bonds is 2. The third kappa shape index (κ3) is 3.61. The monoisotopic (exact) mass is 313 g/mol. The maximum absolute atomic E-state index is 5.97. The highest BCUT2D eigenvalue weighted by atomic mass is 35.5. The largest absolute Gasteiger partial charge is 0.326 e. The van der Waals surface area contributed by atoms with Crippen LogP contribution in [0.4, 0.5) is 0 Å². The summed E-state index contributed by atoms with van der Waals surface area (Å²) in [5.74, 6) is 0. The molecule has 3 rings (SSSR count). The van der Waals surface area contributed by atoms with Crippen molar-refractivity contribution in [3.63, 3.8) is 0 Å². The van der Waals surface area contributed by atoms with Crippen LogP contribution in [0.5, 0.6) is 0 Å². The van der Waals surface area contributed by atoms with E-state index in [2.05, 4.69) is 41.1 Å². The van der Waals surface area contributed by atoms with E-state index in [0.29, 0.717) is 6.04 Å². The lowest BCUT2D eigenvalue weighted by Crippen LogP contribution is -2.26. The molecule has 1 aromatic heterocycles. The van der Waals surface area contributed by atoms with E-state index in [1.165, 1.54) is 10.9 Å². The van der Waals surface area contributed by atoms with Gasteiger partial charge in [-0.3, -0.25) is 9.88 Å². The van der Waals surface area contributed by atoms with Crippen LogP contribution in [-0.2, 0) is 6.54 Å². The van der Waals surface area contributed by atoms with Crippen LogP contribution in [-0.4, -0.2) is 29.0 Å². The molecule has 1 aliphatic rings. The molecule has 0 saturated carbocycles. The molecule has 1 saturated heterocycles. The molecule has 3 nitrogen and oxygen atoms in total. The van der Waals surface area contributed by atoms with Gasteiger partial charge in [-0.1, -0.05) is 18.2 Å². The number of pyridine rings is 1. The minimum absolute atomic E-state index is 0. The Bertz CT molecular complexity index is 574. The molecule has 0 bridgehead atoms. The Morgan fingerprint density at radius 2 is 2.05 bits per heavy atom. The number of nitrogens with zero attached hydrogens (tertiary/aromatic N) is 2. The predicted octanol–water partition coefficient (Wildman–Crippen LogP) is 2.92. The summed E-state index contributed by atoms with van der Waals surface area (Å²) in [5.41, 5.74) is 9.52. The van der Waals surface area contributed by atoms with Crippen molar-refractivity contribution in [2.75, 3.05) is 13.1 Å². The van der Waals surface area contributed by atoms with Crippen LogP contribution in [0.1, 0.15) is 17.7 Å². The summed E-state index contributed by atoms with van der Waals surface area (Å²) in [6, 6.07) is 10.9. The van der Waals surface area contributed by atoms with Crippen LogP contribution in [0, 0.1) is 6.92 Å². The van der Waals surface area contributed by atoms with Gasteiger partial charge in [-0.25, -0.2) is 0 Å². The van der Waals surface area contributed by atoms with Gasteiger partial charge in [-0.2, -0.15) is 0 Å². The molecular weight excluding hydrogens is 293 g/mol. The minimum Gasteiger partial charge on any atom is -0.326 e. The first kappa shape index (κ1) is 17.2. The van der Waals surface area contributed by atoms with Crippen LogP contribution >= 0.6 is 24.8 Å². The first-order valence-electron chi connectivity index (χ1n) is 6.55. The SMILES string of the molecule is Cc1cc(CN2CCC(N)C2)c2ccccc2n1.Cl.Cl. The van der Waals surface area contributed by atoms with Gasteiger partial charge >= 0.3 is 0 Å². The molecule has 5 heteroatoms. The van der Waals surface area contributed by atoms with Gasteiger partial charge in [0.05, 0.1) is 5.52 Å². The zero-order chi connectivity index (χ0) is 12.5. The van der Waals surface area contributed by atoms with Crippen molar-refractivity contribution in [3.8, 4) is 0 Å². The predicted molar refractivity (Wildman–Crippen MR) is 88.8 cm³/mol. The van der Waals surface area contributed by atoms with Crippen molar-refractivity contribution >= 4 is 35.7 Å². The van der Waals surface area contributed by atoms with Crippen LogP contribution < -0.4 is 5.73 Å². The summed E-state index contributed by atoms with van der Waals surface area (Å²) in [6.45, 7) is 5.16. The Labute approximate surface area is 132 Å². The molecule has 0 amide bonds. The summed E-state index contributed by atoms with van der Waals surface area (Å²) in [6.07, 6.45) is 1.11. The number of hydrogen-bond donors (Lipinski definition) is 1. The van der Waals surface area contributed by atoms with Gasteiger partial charge in [0, 0.05) is 36.8 Å². The number of aromatic nitrogens is 1. The fourth-order valence-electron chi connectivity index (χ4n) is 2.77. The van der Waals surface area contributed by atoms with E-state index in [1.807, 2.05) is 6.07 Å². The molecule has 20 heavy (non-hydrogen) atoms. The summed E-state index contributed by atoms with van der Waals surface area (Å²) in [7, 11) is 0. The van der Waals surface area contributed by atoms with E-state index in [0.717, 1.165) is 37.3 Å². The van der Waals surface area contributed by atoms with Crippen molar-refractivity contribution in [2.24, 2.45) is 5.73 Å². The molecule has 0 aliphatic carbocycles. The summed E-state index contributed by atoms with van der Waals surface area (Å²) in [5, 5.41) is 1.27. The molecule has 1 aromatic carbocycles. The first-order valence-corrected chi connectivity index (χ1v) is 6.55. The smallest absolute Gasteiger partial charge is 0.0708 e. The molecule has 2 N–H and O–H groups in total. The van der Waals surface area contributed by atoms with E-state index in [-0.39, 0.29) is 24.8 Å². The Balaban J connectivity index is 0.000001000. The Hall–Kier alpha value is -0.870. The first-order chi connectivity index (χ1) is 8.72. The Morgan fingerprint density at radius 1 is 1.30 bits per heavy atom. The van der Waals surface area contributed by atoms with Crippen molar-refractivity contribution in [2.45, 2.75) is 25.9 Å². The lowest BCUT2D eigenvalue weighted by Gasteiger charge is -2.17. The number of para-hydroxylation sites is 1. The third-order valence-electron chi connectivity index (χ3n) is 3.63. The number of likely N-dealkylation sites (tertiary alicyclic amines) is 1. The van der Waals surface area contributed by atoms with Crippen molar-refractivity contribution in [1.29, 1.82) is 0 Å². The number of halogens is 2. The molecule has 2 aromatic rings. The molecule has 2 heterocycles. The molecule has 1 fully saturated rings. The Morgan fingerprint density at radius 3 is 2.75 bits per heavy atom. The van der Waals surface area contributed by atoms with Gasteiger partial charge in [-0.15, -0.1) is 24.8 Å². The third-order valence-corrected chi connectivity index (χ3v) is 3.63. The van der Waals surface area contributed by atoms with Gasteiger partial charge in [0.2, 0.25) is 0 Å². The van der Waals surface area contributed by atoms with Crippen LogP contribution in [0.3, 0.4) is 0 Å². The van der Waals surface area contributed by atoms with Crippen molar-refractivity contribution < 1.29 is 0 Å². The maximum Gasteiger partial charge on any atom is 0.0708 e. The average molecular weight is 314 g/mol. The molecule has 1 aliphatic heterocycles. The van der Waals surface area contributed by atoms with E-state index in [4.69, 9.17) is 5.73 Å². The lowest BCUT2D eigenvalue weighted by molar-refractivity contribution is 0.328. The van der Waals surface area contributed by atoms with E-state index in [9.17, 15) is 0 Å². The number of hydrogen-bond acceptors (Lipinski definition) is 3. The zero-order valence-corrected chi connectivity index (χ0v) is 13.2. The van der Waals surface area contributed by atoms with Crippen LogP contribution in [0.15, 0.2) is 30.3 Å². The average Bonchev–Trinajstić information content (AvgIpc) is 2.74. The fourth-order valence-corrected chi connectivity index (χ4v) is 2.77. The zero-order valence-electron chi connectivity index (χ0n) is 11.6. The van der Waals surface area contributed by atoms with Gasteiger partial charge in [0.25, 0.3) is 0 Å². The van der Waals surface area contributed by atoms with E-state index < -0.39 is 0 Å². The van der Waals surface area contributed by atoms with Crippen molar-refractivity contribution in [1.82, 2.24) is 9.88 Å². The highest BCUT2D eigenvalue weighted by Gasteiger charge is 2.19. The van der Waals surface area contributed by atoms with Gasteiger partial charge in [-0.05, 0) is 31.0 Å². The lowest BCUT2D eigenvalue weighted by atomic mass is 10.1. The normalized spacial score (nSPS) is 18.6. The highest BCUT2D eigenvalue weighted by Crippen LogP contribution is 2.21. The second kappa shape index (κ2) is 7.23. The highest BCUT2D eigenvalue weighted by molar-refractivity contribution is 5.85. The quantitative estimate of drug-likeness (QED) is 0.927. The number of nitrogens with two attached hydrogens (primary N) is 1. The van der Waals surface area contributed by atoms with Gasteiger partial charge in [0.15, 0.2) is 0 Å².